The SMILES string of the molecule is FC(Br)C(F)N(C(F)(F)F)C(F)(F)F. The van der Waals surface area contributed by atoms with Crippen molar-refractivity contribution in [2.75, 3.05) is 0 Å². The van der Waals surface area contributed by atoms with Crippen LogP contribution in [0.4, 0.5) is 35.1 Å². The smallest absolute Gasteiger partial charge is 0.230 e. The van der Waals surface area contributed by atoms with E-state index >= 15 is 0 Å². The largest absolute Gasteiger partial charge is 0.469 e. The second kappa shape index (κ2) is 4.17. The summed E-state index contributed by atoms with van der Waals surface area (Å²) in [5, 5.41) is -3.09. The lowest BCUT2D eigenvalue weighted by Crippen LogP contribution is -2.54. The molecule has 0 aromatic heterocycles. The molecule has 0 heterocycles. The fraction of sp³-hybridized carbons (Fsp3) is 1.00. The molecule has 0 saturated heterocycles. The van der Waals surface area contributed by atoms with Gasteiger partial charge in [0.2, 0.25) is 6.30 Å². The third kappa shape index (κ3) is 3.56. The monoisotopic (exact) mass is 295 g/mol. The highest BCUT2D eigenvalue weighted by atomic mass is 79.9. The van der Waals surface area contributed by atoms with E-state index in [4.69, 9.17) is 0 Å². The molecule has 0 rings (SSSR count). The van der Waals surface area contributed by atoms with Gasteiger partial charge in [-0.1, -0.05) is 4.90 Å². The zero-order valence-electron chi connectivity index (χ0n) is 6.00. The van der Waals surface area contributed by atoms with Crippen molar-refractivity contribution in [2.24, 2.45) is 0 Å². The molecule has 0 bridgehead atoms. The van der Waals surface area contributed by atoms with Crippen LogP contribution in [-0.4, -0.2) is 28.9 Å². The minimum Gasteiger partial charge on any atom is -0.230 e. The van der Waals surface area contributed by atoms with Crippen LogP contribution in [0.2, 0.25) is 0 Å². The lowest BCUT2D eigenvalue weighted by molar-refractivity contribution is -0.398. The molecule has 2 unspecified atom stereocenters. The predicted molar refractivity (Wildman–Crippen MR) is 32.7 cm³/mol. The second-order valence-electron chi connectivity index (χ2n) is 2.01. The Balaban J connectivity index is 4.94. The van der Waals surface area contributed by atoms with Crippen molar-refractivity contribution < 1.29 is 35.1 Å². The lowest BCUT2D eigenvalue weighted by atomic mass is 10.5. The van der Waals surface area contributed by atoms with Crippen molar-refractivity contribution in [1.82, 2.24) is 4.90 Å². The normalized spacial score (nSPS) is 18.4. The summed E-state index contributed by atoms with van der Waals surface area (Å²) in [6.45, 7) is 0. The summed E-state index contributed by atoms with van der Waals surface area (Å²) >= 11 is 1.64. The van der Waals surface area contributed by atoms with Gasteiger partial charge in [-0.2, -0.15) is 26.3 Å². The van der Waals surface area contributed by atoms with E-state index in [2.05, 4.69) is 0 Å². The Labute approximate surface area is 80.8 Å². The van der Waals surface area contributed by atoms with Gasteiger partial charge in [-0.3, -0.25) is 0 Å². The van der Waals surface area contributed by atoms with Crippen LogP contribution < -0.4 is 0 Å². The number of halogens is 9. The fourth-order valence-corrected chi connectivity index (χ4v) is 0.773. The van der Waals surface area contributed by atoms with Gasteiger partial charge < -0.3 is 0 Å². The molecule has 0 aliphatic heterocycles. The Morgan fingerprint density at radius 3 is 1.21 bits per heavy atom. The molecule has 2 atom stereocenters. The first-order valence-corrected chi connectivity index (χ1v) is 3.74. The molecule has 14 heavy (non-hydrogen) atoms. The molecule has 0 saturated carbocycles. The highest BCUT2D eigenvalue weighted by molar-refractivity contribution is 9.09. The number of alkyl halides is 9. The highest BCUT2D eigenvalue weighted by Crippen LogP contribution is 2.38. The van der Waals surface area contributed by atoms with Gasteiger partial charge in [-0.05, 0) is 15.9 Å². The van der Waals surface area contributed by atoms with Crippen LogP contribution in [0.5, 0.6) is 0 Å². The van der Waals surface area contributed by atoms with Crippen LogP contribution in [0.25, 0.3) is 0 Å². The summed E-state index contributed by atoms with van der Waals surface area (Å²) in [5.41, 5.74) is 0. The Morgan fingerprint density at radius 1 is 0.857 bits per heavy atom. The van der Waals surface area contributed by atoms with Crippen molar-refractivity contribution >= 4 is 15.9 Å². The molecule has 0 aromatic carbocycles. The van der Waals surface area contributed by atoms with Gasteiger partial charge in [0.05, 0.1) is 0 Å². The van der Waals surface area contributed by atoms with Gasteiger partial charge in [0.1, 0.15) is 0 Å². The minimum absolute atomic E-state index is 1.64. The summed E-state index contributed by atoms with van der Waals surface area (Å²) in [5.74, 6) is 0. The molecule has 0 amide bonds. The molecule has 0 radical (unpaired) electrons. The van der Waals surface area contributed by atoms with Crippen LogP contribution >= 0.6 is 15.9 Å². The number of hydrogen-bond donors (Lipinski definition) is 0. The van der Waals surface area contributed by atoms with E-state index < -0.39 is 28.9 Å². The summed E-state index contributed by atoms with van der Waals surface area (Å²) in [7, 11) is 0. The first-order valence-electron chi connectivity index (χ1n) is 2.83. The molecule has 0 aliphatic carbocycles. The van der Waals surface area contributed by atoms with Gasteiger partial charge in [-0.15, -0.1) is 0 Å². The van der Waals surface area contributed by atoms with Crippen molar-refractivity contribution in [1.29, 1.82) is 0 Å². The first-order chi connectivity index (χ1) is 5.98. The lowest BCUT2D eigenvalue weighted by Gasteiger charge is -2.29. The van der Waals surface area contributed by atoms with Gasteiger partial charge in [0, 0.05) is 0 Å². The molecule has 86 valence electrons. The molecule has 0 aliphatic rings. The van der Waals surface area contributed by atoms with E-state index in [1.807, 2.05) is 0 Å². The van der Waals surface area contributed by atoms with Crippen LogP contribution in [0.1, 0.15) is 0 Å². The molecule has 0 spiro atoms. The maximum absolute atomic E-state index is 12.2. The third-order valence-corrected chi connectivity index (χ3v) is 1.44. The van der Waals surface area contributed by atoms with Crippen molar-refractivity contribution in [3.8, 4) is 0 Å². The number of nitrogens with zero attached hydrogens (tertiary/aromatic N) is 1. The average Bonchev–Trinajstić information content (AvgIpc) is 1.79. The molecule has 0 aromatic rings. The van der Waals surface area contributed by atoms with E-state index in [1.165, 1.54) is 0 Å². The average molecular weight is 296 g/mol. The van der Waals surface area contributed by atoms with Crippen LogP contribution in [0.15, 0.2) is 0 Å². The molecule has 1 nitrogen and oxygen atoms in total. The summed E-state index contributed by atoms with van der Waals surface area (Å²) in [4.78, 5) is -2.47. The third-order valence-electron chi connectivity index (χ3n) is 1.00. The highest BCUT2D eigenvalue weighted by Gasteiger charge is 2.59. The molecular weight excluding hydrogens is 294 g/mol. The Kier molecular flexibility index (Phi) is 4.13. The maximum Gasteiger partial charge on any atom is 0.469 e. The molecule has 0 fully saturated rings. The van der Waals surface area contributed by atoms with E-state index in [0.29, 0.717) is 0 Å². The van der Waals surface area contributed by atoms with Crippen LogP contribution in [0.3, 0.4) is 0 Å². The zero-order valence-corrected chi connectivity index (χ0v) is 7.59. The van der Waals surface area contributed by atoms with Crippen LogP contribution in [0, 0.1) is 0 Å². The van der Waals surface area contributed by atoms with E-state index in [9.17, 15) is 35.1 Å². The van der Waals surface area contributed by atoms with Gasteiger partial charge in [-0.25, -0.2) is 8.78 Å². The number of hydrogen-bond acceptors (Lipinski definition) is 1. The minimum atomic E-state index is -6.03. The fourth-order valence-electron chi connectivity index (χ4n) is 0.536. The summed E-state index contributed by atoms with van der Waals surface area (Å²) in [6.07, 6.45) is -15.9. The van der Waals surface area contributed by atoms with Gasteiger partial charge >= 0.3 is 12.6 Å². The van der Waals surface area contributed by atoms with E-state index in [-0.39, 0.29) is 0 Å². The predicted octanol–water partition coefficient (Wildman–Crippen LogP) is 3.31. The summed E-state index contributed by atoms with van der Waals surface area (Å²) < 4.78 is 93.8. The quantitative estimate of drug-likeness (QED) is 0.429. The zero-order chi connectivity index (χ0) is 11.7. The topological polar surface area (TPSA) is 3.24 Å². The van der Waals surface area contributed by atoms with E-state index in [1.54, 1.807) is 15.9 Å². The second-order valence-corrected chi connectivity index (χ2v) is 2.89. The first kappa shape index (κ1) is 13.9. The molecule has 10 heteroatoms. The molecular formula is C4H2BrF8N. The summed E-state index contributed by atoms with van der Waals surface area (Å²) in [6, 6.07) is 0. The van der Waals surface area contributed by atoms with Gasteiger partial charge in [0.25, 0.3) is 0 Å². The standard InChI is InChI=1S/C4H2BrF8N/c5-1(6)2(7)14(3(8,9)10)4(11,12)13/h1-2H. The Hall–Kier alpha value is -0.120. The van der Waals surface area contributed by atoms with Crippen molar-refractivity contribution in [3.05, 3.63) is 0 Å². The van der Waals surface area contributed by atoms with Crippen molar-refractivity contribution in [3.63, 3.8) is 0 Å². The Morgan fingerprint density at radius 2 is 1.14 bits per heavy atom. The van der Waals surface area contributed by atoms with E-state index in [0.717, 1.165) is 0 Å². The Bertz CT molecular complexity index is 171. The molecule has 0 N–H and O–H groups in total. The van der Waals surface area contributed by atoms with Crippen molar-refractivity contribution in [2.45, 2.75) is 24.0 Å². The van der Waals surface area contributed by atoms with Crippen LogP contribution in [-0.2, 0) is 0 Å². The maximum atomic E-state index is 12.2. The van der Waals surface area contributed by atoms with Gasteiger partial charge in [0.15, 0.2) is 5.08 Å². The number of rotatable bonds is 2.